The first-order valence-electron chi connectivity index (χ1n) is 10.9. The molecule has 1 amide bonds. The van der Waals surface area contributed by atoms with Gasteiger partial charge in [-0.25, -0.2) is 0 Å². The smallest absolute Gasteiger partial charge is 0.293 e. The quantitative estimate of drug-likeness (QED) is 0.550. The number of anilines is 1. The van der Waals surface area contributed by atoms with Gasteiger partial charge in [0, 0.05) is 28.9 Å². The number of nitro groups is 1. The van der Waals surface area contributed by atoms with Crippen molar-refractivity contribution < 1.29 is 9.72 Å². The highest BCUT2D eigenvalue weighted by molar-refractivity contribution is 6.06. The van der Waals surface area contributed by atoms with Crippen LogP contribution in [0.2, 0.25) is 0 Å². The van der Waals surface area contributed by atoms with E-state index in [1.807, 2.05) is 19.1 Å². The van der Waals surface area contributed by atoms with Crippen molar-refractivity contribution in [3.05, 3.63) is 63.0 Å². The van der Waals surface area contributed by atoms with Crippen LogP contribution in [-0.2, 0) is 5.41 Å². The normalized spacial score (nSPS) is 29.1. The summed E-state index contributed by atoms with van der Waals surface area (Å²) >= 11 is 0. The Morgan fingerprint density at radius 2 is 1.73 bits per heavy atom. The number of benzene rings is 1. The van der Waals surface area contributed by atoms with Gasteiger partial charge in [-0.15, -0.1) is 0 Å². The molecule has 30 heavy (non-hydrogen) atoms. The molecule has 6 rings (SSSR count). The number of aromatic nitrogens is 1. The molecule has 156 valence electrons. The van der Waals surface area contributed by atoms with Crippen molar-refractivity contribution >= 4 is 17.3 Å². The van der Waals surface area contributed by atoms with E-state index < -0.39 is 4.92 Å². The van der Waals surface area contributed by atoms with Gasteiger partial charge >= 0.3 is 0 Å². The molecular weight excluding hydrogens is 378 g/mol. The highest BCUT2D eigenvalue weighted by Crippen LogP contribution is 2.60. The average Bonchev–Trinajstić information content (AvgIpc) is 2.68. The van der Waals surface area contributed by atoms with Gasteiger partial charge in [0.1, 0.15) is 5.69 Å². The summed E-state index contributed by atoms with van der Waals surface area (Å²) in [6, 6.07) is 6.97. The third kappa shape index (κ3) is 3.18. The maximum absolute atomic E-state index is 13.0. The summed E-state index contributed by atoms with van der Waals surface area (Å²) in [6.45, 7) is 3.59. The number of nitrogens with one attached hydrogen (secondary N) is 1. The molecule has 1 aromatic carbocycles. The minimum Gasteiger partial charge on any atom is -0.316 e. The fourth-order valence-electron chi connectivity index (χ4n) is 6.72. The zero-order valence-electron chi connectivity index (χ0n) is 17.5. The second-order valence-corrected chi connectivity index (χ2v) is 9.81. The summed E-state index contributed by atoms with van der Waals surface area (Å²) in [5, 5.41) is 14.3. The largest absolute Gasteiger partial charge is 0.316 e. The Morgan fingerprint density at radius 3 is 2.33 bits per heavy atom. The van der Waals surface area contributed by atoms with Crippen molar-refractivity contribution in [3.8, 4) is 0 Å². The van der Waals surface area contributed by atoms with Crippen molar-refractivity contribution in [3.63, 3.8) is 0 Å². The summed E-state index contributed by atoms with van der Waals surface area (Å²) < 4.78 is 0. The summed E-state index contributed by atoms with van der Waals surface area (Å²) in [5.74, 6) is 2.08. The Morgan fingerprint density at radius 1 is 1.10 bits per heavy atom. The van der Waals surface area contributed by atoms with E-state index in [9.17, 15) is 14.9 Å². The third-order valence-corrected chi connectivity index (χ3v) is 7.50. The lowest BCUT2D eigenvalue weighted by Crippen LogP contribution is -2.49. The first-order valence-corrected chi connectivity index (χ1v) is 10.9. The summed E-state index contributed by atoms with van der Waals surface area (Å²) in [5.41, 5.74) is 3.33. The van der Waals surface area contributed by atoms with Crippen LogP contribution in [0.3, 0.4) is 0 Å². The van der Waals surface area contributed by atoms with E-state index in [4.69, 9.17) is 4.98 Å². The number of aryl methyl sites for hydroxylation is 2. The molecule has 4 aliphatic rings. The minimum absolute atomic E-state index is 0.0730. The van der Waals surface area contributed by atoms with Crippen LogP contribution in [-0.4, -0.2) is 15.8 Å². The molecule has 1 N–H and O–H groups in total. The van der Waals surface area contributed by atoms with E-state index in [1.165, 1.54) is 44.6 Å². The van der Waals surface area contributed by atoms with Gasteiger partial charge in [0.05, 0.1) is 4.92 Å². The van der Waals surface area contributed by atoms with Crippen molar-refractivity contribution in [2.75, 3.05) is 5.32 Å². The number of nitrogens with zero attached hydrogens (tertiary/aromatic N) is 2. The van der Waals surface area contributed by atoms with Crippen LogP contribution in [0.1, 0.15) is 65.7 Å². The number of pyridine rings is 1. The predicted molar refractivity (Wildman–Crippen MR) is 115 cm³/mol. The molecule has 4 fully saturated rings. The number of hydrogen-bond donors (Lipinski definition) is 1. The lowest BCUT2D eigenvalue weighted by Gasteiger charge is -2.56. The van der Waals surface area contributed by atoms with Crippen molar-refractivity contribution in [2.24, 2.45) is 17.8 Å². The maximum atomic E-state index is 13.0. The topological polar surface area (TPSA) is 85.1 Å². The Labute approximate surface area is 176 Å². The molecule has 1 aromatic heterocycles. The number of carbonyl (C=O) groups excluding carboxylic acids is 1. The van der Waals surface area contributed by atoms with Crippen LogP contribution >= 0.6 is 0 Å². The van der Waals surface area contributed by atoms with Gasteiger partial charge in [-0.3, -0.25) is 19.9 Å². The summed E-state index contributed by atoms with van der Waals surface area (Å²) in [7, 11) is 0. The SMILES string of the molecule is Cc1cc(C)c(NC(=O)c2ccnc(C34CC5CC(CC(C5)C3)C4)c2)c([N+](=O)[O-])c1. The monoisotopic (exact) mass is 405 g/mol. The van der Waals surface area contributed by atoms with Crippen LogP contribution in [0.25, 0.3) is 0 Å². The zero-order chi connectivity index (χ0) is 21.0. The summed E-state index contributed by atoms with van der Waals surface area (Å²) in [6.07, 6.45) is 9.33. The molecule has 0 saturated heterocycles. The van der Waals surface area contributed by atoms with Gasteiger partial charge in [0.25, 0.3) is 11.6 Å². The Hall–Kier alpha value is -2.76. The van der Waals surface area contributed by atoms with Gasteiger partial charge in [0.15, 0.2) is 0 Å². The fraction of sp³-hybridized carbons (Fsp3) is 0.500. The lowest BCUT2D eigenvalue weighted by molar-refractivity contribution is -0.384. The van der Waals surface area contributed by atoms with Crippen molar-refractivity contribution in [1.29, 1.82) is 0 Å². The second-order valence-electron chi connectivity index (χ2n) is 9.81. The number of hydrogen-bond acceptors (Lipinski definition) is 4. The zero-order valence-corrected chi connectivity index (χ0v) is 17.5. The highest BCUT2D eigenvalue weighted by atomic mass is 16.6. The first kappa shape index (κ1) is 19.2. The molecule has 0 atom stereocenters. The molecule has 6 heteroatoms. The van der Waals surface area contributed by atoms with Gasteiger partial charge in [-0.1, -0.05) is 6.07 Å². The lowest BCUT2D eigenvalue weighted by atomic mass is 9.48. The van der Waals surface area contributed by atoms with Gasteiger partial charge in [-0.05, 0) is 93.4 Å². The molecular formula is C24H27N3O3. The maximum Gasteiger partial charge on any atom is 0.293 e. The van der Waals surface area contributed by atoms with Crippen molar-refractivity contribution in [2.45, 2.75) is 57.8 Å². The number of carbonyl (C=O) groups is 1. The minimum atomic E-state index is -0.441. The number of amides is 1. The number of rotatable bonds is 4. The van der Waals surface area contributed by atoms with E-state index in [0.717, 1.165) is 29.0 Å². The molecule has 0 aliphatic heterocycles. The highest BCUT2D eigenvalue weighted by Gasteiger charge is 2.52. The van der Waals surface area contributed by atoms with Crippen LogP contribution in [0, 0.1) is 41.7 Å². The molecule has 4 saturated carbocycles. The van der Waals surface area contributed by atoms with Gasteiger partial charge < -0.3 is 5.32 Å². The predicted octanol–water partition coefficient (Wildman–Crippen LogP) is 5.33. The van der Waals surface area contributed by atoms with Gasteiger partial charge in [-0.2, -0.15) is 0 Å². The standard InChI is InChI=1S/C24H27N3O3/c1-14-5-15(2)22(20(6-14)27(29)30)26-23(28)19-3-4-25-21(10-19)24-11-16-7-17(12-24)9-18(8-16)13-24/h3-6,10,16-18H,7-9,11-13H2,1-2H3,(H,26,28). The van der Waals surface area contributed by atoms with E-state index >= 15 is 0 Å². The first-order chi connectivity index (χ1) is 14.3. The third-order valence-electron chi connectivity index (χ3n) is 7.50. The molecule has 1 heterocycles. The van der Waals surface area contributed by atoms with Crippen LogP contribution in [0.15, 0.2) is 30.5 Å². The fourth-order valence-corrected chi connectivity index (χ4v) is 6.72. The molecule has 0 spiro atoms. The Balaban J connectivity index is 1.44. The molecule has 6 nitrogen and oxygen atoms in total. The van der Waals surface area contributed by atoms with Gasteiger partial charge in [0.2, 0.25) is 0 Å². The Bertz CT molecular complexity index is 1010. The molecule has 2 aromatic rings. The van der Waals surface area contributed by atoms with Crippen LogP contribution in [0.4, 0.5) is 11.4 Å². The number of nitro benzene ring substituents is 1. The Kier molecular flexibility index (Phi) is 4.42. The summed E-state index contributed by atoms with van der Waals surface area (Å²) in [4.78, 5) is 28.8. The van der Waals surface area contributed by atoms with Crippen LogP contribution < -0.4 is 5.32 Å². The van der Waals surface area contributed by atoms with Crippen molar-refractivity contribution in [1.82, 2.24) is 4.98 Å². The van der Waals surface area contributed by atoms with Crippen LogP contribution in [0.5, 0.6) is 0 Å². The van der Waals surface area contributed by atoms with E-state index in [2.05, 4.69) is 5.32 Å². The molecule has 4 bridgehead atoms. The average molecular weight is 405 g/mol. The molecule has 0 radical (unpaired) electrons. The van der Waals surface area contributed by atoms with E-state index in [-0.39, 0.29) is 22.7 Å². The second kappa shape index (κ2) is 6.89. The van der Waals surface area contributed by atoms with E-state index in [0.29, 0.717) is 11.1 Å². The molecule has 4 aliphatic carbocycles. The molecule has 0 unspecified atom stereocenters. The van der Waals surface area contributed by atoms with E-state index in [1.54, 1.807) is 19.2 Å².